The predicted octanol–water partition coefficient (Wildman–Crippen LogP) is 4.78. The molecule has 0 bridgehead atoms. The first-order valence-electron chi connectivity index (χ1n) is 8.39. The number of hydrogen-bond donors (Lipinski definition) is 1. The smallest absolute Gasteiger partial charge is 0.225 e. The number of primary sulfonamides is 1. The Labute approximate surface area is 153 Å². The lowest BCUT2D eigenvalue weighted by Crippen LogP contribution is -2.11. The molecule has 130 valence electrons. The maximum Gasteiger partial charge on any atom is 0.238 e. The normalized spacial score (nSPS) is 18.8. The van der Waals surface area contributed by atoms with Crippen molar-refractivity contribution in [3.05, 3.63) is 64.2 Å². The molecule has 0 aliphatic heterocycles. The van der Waals surface area contributed by atoms with Gasteiger partial charge in [0.1, 0.15) is 0 Å². The average molecular weight is 374 g/mol. The van der Waals surface area contributed by atoms with Crippen molar-refractivity contribution < 1.29 is 8.42 Å². The van der Waals surface area contributed by atoms with Crippen LogP contribution in [-0.2, 0) is 10.0 Å². The monoisotopic (exact) mass is 373 g/mol. The van der Waals surface area contributed by atoms with E-state index in [9.17, 15) is 8.42 Å². The number of rotatable bonds is 3. The predicted molar refractivity (Wildman–Crippen MR) is 102 cm³/mol. The minimum Gasteiger partial charge on any atom is -0.225 e. The molecule has 1 fully saturated rings. The van der Waals surface area contributed by atoms with E-state index in [2.05, 4.69) is 12.1 Å². The molecule has 0 aromatic heterocycles. The Kier molecular flexibility index (Phi) is 3.83. The molecule has 4 rings (SSSR count). The van der Waals surface area contributed by atoms with E-state index in [1.807, 2.05) is 25.1 Å². The van der Waals surface area contributed by atoms with Gasteiger partial charge in [0.05, 0.1) is 4.90 Å². The van der Waals surface area contributed by atoms with E-state index in [0.29, 0.717) is 5.41 Å². The quantitative estimate of drug-likeness (QED) is 0.841. The Morgan fingerprint density at radius 2 is 1.52 bits per heavy atom. The Bertz CT molecular complexity index is 987. The Hall–Kier alpha value is -1.62. The molecule has 0 unspecified atom stereocenters. The molecule has 1 spiro atoms. The van der Waals surface area contributed by atoms with Gasteiger partial charge in [-0.3, -0.25) is 0 Å². The van der Waals surface area contributed by atoms with Crippen LogP contribution in [0.2, 0.25) is 5.02 Å². The summed E-state index contributed by atoms with van der Waals surface area (Å²) in [6.45, 7) is 2.00. The summed E-state index contributed by atoms with van der Waals surface area (Å²) < 4.78 is 23.0. The zero-order valence-electron chi connectivity index (χ0n) is 14.0. The van der Waals surface area contributed by atoms with Crippen molar-refractivity contribution >= 4 is 32.8 Å². The third kappa shape index (κ3) is 3.14. The van der Waals surface area contributed by atoms with Crippen molar-refractivity contribution in [1.29, 1.82) is 0 Å². The summed E-state index contributed by atoms with van der Waals surface area (Å²) in [6.07, 6.45) is 4.63. The van der Waals surface area contributed by atoms with Gasteiger partial charge in [-0.2, -0.15) is 0 Å². The highest BCUT2D eigenvalue weighted by Gasteiger charge is 2.48. The van der Waals surface area contributed by atoms with Crippen LogP contribution >= 0.6 is 11.6 Å². The van der Waals surface area contributed by atoms with Gasteiger partial charge in [0, 0.05) is 5.02 Å². The topological polar surface area (TPSA) is 60.2 Å². The molecule has 0 saturated heterocycles. The van der Waals surface area contributed by atoms with Crippen LogP contribution in [0.4, 0.5) is 0 Å². The van der Waals surface area contributed by atoms with E-state index in [0.717, 1.165) is 29.0 Å². The van der Waals surface area contributed by atoms with Gasteiger partial charge < -0.3 is 0 Å². The standard InChI is InChI=1S/C20H20ClNO2S/c1-13-2-3-15(10-19(13)21)18-12-20(8-9-20)11-17(18)14-4-6-16(7-5-14)25(22,23)24/h2-7,10H,8-9,11-12H2,1H3,(H2,22,23,24). The Morgan fingerprint density at radius 1 is 0.960 bits per heavy atom. The van der Waals surface area contributed by atoms with E-state index < -0.39 is 10.0 Å². The fourth-order valence-electron chi connectivity index (χ4n) is 3.74. The maximum absolute atomic E-state index is 11.5. The molecule has 2 aromatic carbocycles. The van der Waals surface area contributed by atoms with E-state index in [1.54, 1.807) is 12.1 Å². The molecule has 2 N–H and O–H groups in total. The van der Waals surface area contributed by atoms with Gasteiger partial charge in [-0.05, 0) is 84.1 Å². The summed E-state index contributed by atoms with van der Waals surface area (Å²) in [5, 5.41) is 5.99. The average Bonchev–Trinajstić information content (AvgIpc) is 3.20. The van der Waals surface area contributed by atoms with Gasteiger partial charge in [0.15, 0.2) is 0 Å². The van der Waals surface area contributed by atoms with E-state index in [-0.39, 0.29) is 4.90 Å². The molecule has 0 atom stereocenters. The number of sulfonamides is 1. The highest BCUT2D eigenvalue weighted by Crippen LogP contribution is 2.63. The molecule has 1 saturated carbocycles. The molecular formula is C20H20ClNO2S. The molecule has 0 heterocycles. The Balaban J connectivity index is 1.79. The number of aryl methyl sites for hydroxylation is 1. The van der Waals surface area contributed by atoms with Gasteiger partial charge in [-0.25, -0.2) is 13.6 Å². The number of nitrogens with two attached hydrogens (primary N) is 1. The fraction of sp³-hybridized carbons (Fsp3) is 0.300. The van der Waals surface area contributed by atoms with Crippen LogP contribution in [0.3, 0.4) is 0 Å². The molecule has 5 heteroatoms. The molecule has 0 amide bonds. The van der Waals surface area contributed by atoms with E-state index >= 15 is 0 Å². The highest BCUT2D eigenvalue weighted by molar-refractivity contribution is 7.89. The lowest BCUT2D eigenvalue weighted by atomic mass is 9.96. The van der Waals surface area contributed by atoms with Crippen LogP contribution in [0.15, 0.2) is 47.4 Å². The molecule has 3 nitrogen and oxygen atoms in total. The van der Waals surface area contributed by atoms with Crippen LogP contribution in [-0.4, -0.2) is 8.42 Å². The van der Waals surface area contributed by atoms with Crippen LogP contribution in [0, 0.1) is 12.3 Å². The number of hydrogen-bond acceptors (Lipinski definition) is 2. The molecular weight excluding hydrogens is 354 g/mol. The zero-order valence-corrected chi connectivity index (χ0v) is 15.6. The summed E-state index contributed by atoms with van der Waals surface area (Å²) in [6, 6.07) is 13.2. The van der Waals surface area contributed by atoms with Gasteiger partial charge >= 0.3 is 0 Å². The second-order valence-corrected chi connectivity index (χ2v) is 9.31. The molecule has 0 radical (unpaired) electrons. The van der Waals surface area contributed by atoms with Crippen LogP contribution in [0.5, 0.6) is 0 Å². The van der Waals surface area contributed by atoms with Crippen molar-refractivity contribution in [2.75, 3.05) is 0 Å². The molecule has 2 aliphatic rings. The van der Waals surface area contributed by atoms with Crippen LogP contribution < -0.4 is 5.14 Å². The molecule has 25 heavy (non-hydrogen) atoms. The molecule has 2 aromatic rings. The van der Waals surface area contributed by atoms with Crippen molar-refractivity contribution in [2.24, 2.45) is 10.6 Å². The molecule has 2 aliphatic carbocycles. The van der Waals surface area contributed by atoms with Gasteiger partial charge in [-0.15, -0.1) is 0 Å². The van der Waals surface area contributed by atoms with Gasteiger partial charge in [0.2, 0.25) is 10.0 Å². The largest absolute Gasteiger partial charge is 0.238 e. The van der Waals surface area contributed by atoms with E-state index in [4.69, 9.17) is 16.7 Å². The van der Waals surface area contributed by atoms with Gasteiger partial charge in [0.25, 0.3) is 0 Å². The summed E-state index contributed by atoms with van der Waals surface area (Å²) >= 11 is 6.34. The van der Waals surface area contributed by atoms with Crippen molar-refractivity contribution in [3.63, 3.8) is 0 Å². The summed E-state index contributed by atoms with van der Waals surface area (Å²) in [5.41, 5.74) is 6.36. The number of allylic oxidation sites excluding steroid dienone is 2. The summed E-state index contributed by atoms with van der Waals surface area (Å²) in [7, 11) is -3.66. The van der Waals surface area contributed by atoms with Crippen molar-refractivity contribution in [1.82, 2.24) is 0 Å². The van der Waals surface area contributed by atoms with Crippen LogP contribution in [0.1, 0.15) is 42.4 Å². The Morgan fingerprint density at radius 3 is 2.04 bits per heavy atom. The third-order valence-electron chi connectivity index (χ3n) is 5.48. The minimum atomic E-state index is -3.66. The summed E-state index contributed by atoms with van der Waals surface area (Å²) in [4.78, 5) is 0.149. The third-order valence-corrected chi connectivity index (χ3v) is 6.81. The minimum absolute atomic E-state index is 0.149. The van der Waals surface area contributed by atoms with Crippen LogP contribution in [0.25, 0.3) is 11.1 Å². The fourth-order valence-corrected chi connectivity index (χ4v) is 4.43. The first kappa shape index (κ1) is 16.8. The lowest BCUT2D eigenvalue weighted by Gasteiger charge is -2.10. The van der Waals surface area contributed by atoms with Crippen molar-refractivity contribution in [3.8, 4) is 0 Å². The summed E-state index contributed by atoms with van der Waals surface area (Å²) in [5.74, 6) is 0. The maximum atomic E-state index is 11.5. The first-order chi connectivity index (χ1) is 11.8. The second kappa shape index (κ2) is 5.70. The van der Waals surface area contributed by atoms with Gasteiger partial charge in [-0.1, -0.05) is 35.9 Å². The lowest BCUT2D eigenvalue weighted by molar-refractivity contribution is 0.568. The first-order valence-corrected chi connectivity index (χ1v) is 10.3. The number of benzene rings is 2. The SMILES string of the molecule is Cc1ccc(C2=C(c3ccc(S(N)(=O)=O)cc3)CC3(CC3)C2)cc1Cl. The zero-order chi connectivity index (χ0) is 17.8. The van der Waals surface area contributed by atoms with E-state index in [1.165, 1.54) is 29.6 Å². The highest BCUT2D eigenvalue weighted by atomic mass is 35.5. The second-order valence-electron chi connectivity index (χ2n) is 7.34. The van der Waals surface area contributed by atoms with Crippen molar-refractivity contribution in [2.45, 2.75) is 37.5 Å². The number of halogens is 1.